The average Bonchev–Trinajstić information content (AvgIpc) is 3.00. The Kier molecular flexibility index (Phi) is 5.23. The maximum atomic E-state index is 11.9. The molecule has 1 fully saturated rings. The van der Waals surface area contributed by atoms with Crippen LogP contribution in [0.15, 0.2) is 47.3 Å². The van der Waals surface area contributed by atoms with Gasteiger partial charge in [-0.15, -0.1) is 0 Å². The zero-order valence-corrected chi connectivity index (χ0v) is 14.9. The van der Waals surface area contributed by atoms with Crippen LogP contribution in [0.1, 0.15) is 31.0 Å². The zero-order valence-electron chi connectivity index (χ0n) is 14.1. The van der Waals surface area contributed by atoms with Crippen molar-refractivity contribution in [1.82, 2.24) is 10.3 Å². The summed E-state index contributed by atoms with van der Waals surface area (Å²) in [5.74, 6) is -0.169. The van der Waals surface area contributed by atoms with E-state index in [0.29, 0.717) is 24.2 Å². The Labute approximate surface area is 155 Å². The number of aromatic nitrogens is 1. The van der Waals surface area contributed by atoms with Crippen LogP contribution < -0.4 is 16.2 Å². The monoisotopic (exact) mass is 371 g/mol. The van der Waals surface area contributed by atoms with Crippen molar-refractivity contribution in [3.8, 4) is 0 Å². The molecule has 2 aromatic rings. The van der Waals surface area contributed by atoms with Gasteiger partial charge in [0.05, 0.1) is 0 Å². The van der Waals surface area contributed by atoms with Gasteiger partial charge in [0.25, 0.3) is 5.56 Å². The van der Waals surface area contributed by atoms with Gasteiger partial charge in [-0.3, -0.25) is 14.4 Å². The highest BCUT2D eigenvalue weighted by Crippen LogP contribution is 2.26. The molecule has 0 aliphatic carbocycles. The molecule has 1 aromatic carbocycles. The molecule has 0 spiro atoms. The van der Waals surface area contributed by atoms with Crippen molar-refractivity contribution >= 4 is 34.7 Å². The van der Waals surface area contributed by atoms with E-state index >= 15 is 0 Å². The molecule has 7 heteroatoms. The van der Waals surface area contributed by atoms with E-state index in [1.807, 2.05) is 24.3 Å². The second-order valence-corrected chi connectivity index (χ2v) is 6.51. The SMILES string of the molecule is CC(=O)Nc1cccc(/C(=C\[C@H]2CCC(=O)N2)c2ccc(Cl)c(=O)[nH]2)c1. The third-order valence-electron chi connectivity index (χ3n) is 4.04. The van der Waals surface area contributed by atoms with Crippen LogP contribution >= 0.6 is 11.6 Å². The summed E-state index contributed by atoms with van der Waals surface area (Å²) in [6.45, 7) is 1.44. The summed E-state index contributed by atoms with van der Waals surface area (Å²) < 4.78 is 0. The second kappa shape index (κ2) is 7.58. The Morgan fingerprint density at radius 1 is 1.27 bits per heavy atom. The Hall–Kier alpha value is -2.86. The maximum Gasteiger partial charge on any atom is 0.267 e. The smallest absolute Gasteiger partial charge is 0.267 e. The molecule has 1 saturated heterocycles. The number of rotatable bonds is 4. The highest BCUT2D eigenvalue weighted by atomic mass is 35.5. The zero-order chi connectivity index (χ0) is 18.7. The van der Waals surface area contributed by atoms with Crippen LogP contribution in [-0.2, 0) is 9.59 Å². The molecule has 1 aliphatic rings. The molecule has 1 aromatic heterocycles. The van der Waals surface area contributed by atoms with Gasteiger partial charge in [0.2, 0.25) is 11.8 Å². The lowest BCUT2D eigenvalue weighted by atomic mass is 9.98. The minimum atomic E-state index is -0.386. The normalized spacial score (nSPS) is 17.1. The van der Waals surface area contributed by atoms with Crippen molar-refractivity contribution in [2.24, 2.45) is 0 Å². The molecular weight excluding hydrogens is 354 g/mol. The fourth-order valence-electron chi connectivity index (χ4n) is 2.89. The van der Waals surface area contributed by atoms with Gasteiger partial charge in [0.1, 0.15) is 5.02 Å². The summed E-state index contributed by atoms with van der Waals surface area (Å²) >= 11 is 5.84. The Bertz CT molecular complexity index is 949. The number of nitrogens with one attached hydrogen (secondary N) is 3. The molecule has 2 heterocycles. The van der Waals surface area contributed by atoms with Crippen molar-refractivity contribution in [2.75, 3.05) is 5.32 Å². The standard InChI is InChI=1S/C19H18ClN3O3/c1-11(24)21-13-4-2-3-12(9-13)15(10-14-5-8-18(25)22-14)17-7-6-16(20)19(26)23-17/h2-4,6-7,9-10,14H,5,8H2,1H3,(H,21,24)(H,22,25)(H,23,26)/b15-10+/t14-/m1/s1. The lowest BCUT2D eigenvalue weighted by Crippen LogP contribution is -2.23. The number of halogens is 1. The third kappa shape index (κ3) is 4.21. The summed E-state index contributed by atoms with van der Waals surface area (Å²) in [6.07, 6.45) is 3.07. The van der Waals surface area contributed by atoms with E-state index < -0.39 is 0 Å². The Morgan fingerprint density at radius 3 is 2.73 bits per heavy atom. The number of H-pyrrole nitrogens is 1. The van der Waals surface area contributed by atoms with Crippen molar-refractivity contribution in [3.63, 3.8) is 0 Å². The highest BCUT2D eigenvalue weighted by Gasteiger charge is 2.20. The molecule has 134 valence electrons. The van der Waals surface area contributed by atoms with E-state index in [9.17, 15) is 14.4 Å². The van der Waals surface area contributed by atoms with Gasteiger partial charge in [-0.1, -0.05) is 29.8 Å². The highest BCUT2D eigenvalue weighted by molar-refractivity contribution is 6.30. The number of aromatic amines is 1. The van der Waals surface area contributed by atoms with Crippen LogP contribution in [0.4, 0.5) is 5.69 Å². The predicted octanol–water partition coefficient (Wildman–Crippen LogP) is 2.70. The molecule has 26 heavy (non-hydrogen) atoms. The molecule has 0 saturated carbocycles. The molecule has 0 radical (unpaired) electrons. The fraction of sp³-hybridized carbons (Fsp3) is 0.211. The molecule has 0 unspecified atom stereocenters. The first-order valence-electron chi connectivity index (χ1n) is 8.21. The van der Waals surface area contributed by atoms with Crippen LogP contribution in [0.3, 0.4) is 0 Å². The molecule has 1 aliphatic heterocycles. The first-order chi connectivity index (χ1) is 12.4. The van der Waals surface area contributed by atoms with Crippen molar-refractivity contribution in [3.05, 3.63) is 69.1 Å². The van der Waals surface area contributed by atoms with Gasteiger partial charge in [-0.2, -0.15) is 0 Å². The van der Waals surface area contributed by atoms with Crippen molar-refractivity contribution in [2.45, 2.75) is 25.8 Å². The summed E-state index contributed by atoms with van der Waals surface area (Å²) in [4.78, 5) is 37.5. The molecule has 2 amide bonds. The Morgan fingerprint density at radius 2 is 2.08 bits per heavy atom. The number of carbonyl (C=O) groups excluding carboxylic acids is 2. The average molecular weight is 372 g/mol. The van der Waals surface area contributed by atoms with E-state index in [-0.39, 0.29) is 28.4 Å². The van der Waals surface area contributed by atoms with Crippen LogP contribution in [0.5, 0.6) is 0 Å². The van der Waals surface area contributed by atoms with Gasteiger partial charge in [0.15, 0.2) is 0 Å². The molecule has 3 N–H and O–H groups in total. The van der Waals surface area contributed by atoms with Gasteiger partial charge in [-0.25, -0.2) is 0 Å². The fourth-order valence-corrected chi connectivity index (χ4v) is 3.00. The van der Waals surface area contributed by atoms with Gasteiger partial charge in [0, 0.05) is 36.3 Å². The molecule has 6 nitrogen and oxygen atoms in total. The number of hydrogen-bond acceptors (Lipinski definition) is 3. The first-order valence-corrected chi connectivity index (χ1v) is 8.58. The number of carbonyl (C=O) groups is 2. The minimum Gasteiger partial charge on any atom is -0.350 e. The molecule has 3 rings (SSSR count). The van der Waals surface area contributed by atoms with Gasteiger partial charge >= 0.3 is 0 Å². The lowest BCUT2D eigenvalue weighted by molar-refractivity contribution is -0.119. The van der Waals surface area contributed by atoms with Crippen LogP contribution in [0, 0.1) is 0 Å². The number of anilines is 1. The summed E-state index contributed by atoms with van der Waals surface area (Å²) in [6, 6.07) is 10.4. The second-order valence-electron chi connectivity index (χ2n) is 6.10. The predicted molar refractivity (Wildman–Crippen MR) is 101 cm³/mol. The van der Waals surface area contributed by atoms with Gasteiger partial charge in [-0.05, 0) is 36.2 Å². The Balaban J connectivity index is 2.07. The van der Waals surface area contributed by atoms with Crippen LogP contribution in [-0.4, -0.2) is 22.8 Å². The number of hydrogen-bond donors (Lipinski definition) is 3. The summed E-state index contributed by atoms with van der Waals surface area (Å²) in [5, 5.41) is 5.74. The van der Waals surface area contributed by atoms with Crippen LogP contribution in [0.25, 0.3) is 5.57 Å². The topological polar surface area (TPSA) is 91.1 Å². The first kappa shape index (κ1) is 17.9. The maximum absolute atomic E-state index is 11.9. The quantitative estimate of drug-likeness (QED) is 0.771. The third-order valence-corrected chi connectivity index (χ3v) is 4.34. The van der Waals surface area contributed by atoms with Crippen LogP contribution in [0.2, 0.25) is 5.02 Å². The molecular formula is C19H18ClN3O3. The molecule has 0 bridgehead atoms. The number of benzene rings is 1. The number of amides is 2. The minimum absolute atomic E-state index is 0.00203. The molecule has 1 atom stereocenters. The van der Waals surface area contributed by atoms with E-state index in [4.69, 9.17) is 11.6 Å². The van der Waals surface area contributed by atoms with E-state index in [1.165, 1.54) is 13.0 Å². The van der Waals surface area contributed by atoms with Crippen molar-refractivity contribution < 1.29 is 9.59 Å². The van der Waals surface area contributed by atoms with E-state index in [1.54, 1.807) is 12.1 Å². The van der Waals surface area contributed by atoms with E-state index in [0.717, 1.165) is 11.1 Å². The van der Waals surface area contributed by atoms with Gasteiger partial charge < -0.3 is 15.6 Å². The van der Waals surface area contributed by atoms with E-state index in [2.05, 4.69) is 15.6 Å². The van der Waals surface area contributed by atoms with Crippen molar-refractivity contribution in [1.29, 1.82) is 0 Å². The summed E-state index contributed by atoms with van der Waals surface area (Å²) in [5.41, 5.74) is 2.39. The summed E-state index contributed by atoms with van der Waals surface area (Å²) in [7, 11) is 0. The lowest BCUT2D eigenvalue weighted by Gasteiger charge is -2.13. The largest absolute Gasteiger partial charge is 0.350 e. The number of pyridine rings is 1.